The molecule has 36 heavy (non-hydrogen) atoms. The van der Waals surface area contributed by atoms with E-state index in [2.05, 4.69) is 26.1 Å². The highest BCUT2D eigenvalue weighted by Crippen LogP contribution is 2.26. The maximum atomic E-state index is 13.6. The molecule has 2 aromatic carbocycles. The van der Waals surface area contributed by atoms with Crippen LogP contribution in [0.4, 0.5) is 5.69 Å². The second-order valence-corrected chi connectivity index (χ2v) is 12.6. The van der Waals surface area contributed by atoms with Crippen LogP contribution in [0.15, 0.2) is 48.5 Å². The summed E-state index contributed by atoms with van der Waals surface area (Å²) in [5, 5.41) is 3.41. The third kappa shape index (κ3) is 8.23. The van der Waals surface area contributed by atoms with E-state index >= 15 is 0 Å². The van der Waals surface area contributed by atoms with E-state index in [-0.39, 0.29) is 23.9 Å². The highest BCUT2D eigenvalue weighted by molar-refractivity contribution is 7.92. The third-order valence-corrected chi connectivity index (χ3v) is 7.49. The topological polar surface area (TPSA) is 86.8 Å². The lowest BCUT2D eigenvalue weighted by molar-refractivity contribution is -0.139. The number of sulfonamides is 1. The monoisotopic (exact) mass is 535 g/mol. The van der Waals surface area contributed by atoms with Gasteiger partial charge < -0.3 is 10.2 Å². The molecule has 0 aliphatic heterocycles. The summed E-state index contributed by atoms with van der Waals surface area (Å²) in [4.78, 5) is 27.9. The Kier molecular flexibility index (Phi) is 9.97. The van der Waals surface area contributed by atoms with Crippen molar-refractivity contribution in [1.82, 2.24) is 10.2 Å². The van der Waals surface area contributed by atoms with Gasteiger partial charge in [0, 0.05) is 17.6 Å². The van der Waals surface area contributed by atoms with Crippen LogP contribution in [0, 0.1) is 0 Å². The molecule has 0 spiro atoms. The predicted octanol–water partition coefficient (Wildman–Crippen LogP) is 4.74. The van der Waals surface area contributed by atoms with Gasteiger partial charge >= 0.3 is 0 Å². The van der Waals surface area contributed by atoms with Crippen molar-refractivity contribution < 1.29 is 18.0 Å². The molecule has 198 valence electrons. The summed E-state index contributed by atoms with van der Waals surface area (Å²) < 4.78 is 26.5. The van der Waals surface area contributed by atoms with Crippen molar-refractivity contribution in [3.05, 3.63) is 64.7 Å². The van der Waals surface area contributed by atoms with Crippen LogP contribution in [0.5, 0.6) is 0 Å². The van der Waals surface area contributed by atoms with Gasteiger partial charge in [-0.05, 0) is 61.1 Å². The first kappa shape index (κ1) is 29.6. The molecule has 0 saturated heterocycles. The van der Waals surface area contributed by atoms with Crippen molar-refractivity contribution in [2.24, 2.45) is 0 Å². The van der Waals surface area contributed by atoms with Crippen molar-refractivity contribution in [1.29, 1.82) is 0 Å². The van der Waals surface area contributed by atoms with E-state index in [4.69, 9.17) is 11.6 Å². The van der Waals surface area contributed by atoms with Gasteiger partial charge in [-0.1, -0.05) is 63.6 Å². The van der Waals surface area contributed by atoms with Crippen LogP contribution in [0.25, 0.3) is 0 Å². The molecule has 0 bridgehead atoms. The number of nitrogens with one attached hydrogen (secondary N) is 1. The van der Waals surface area contributed by atoms with E-state index in [0.29, 0.717) is 10.7 Å². The van der Waals surface area contributed by atoms with Crippen molar-refractivity contribution >= 4 is 39.1 Å². The zero-order chi connectivity index (χ0) is 27.3. The number of carbonyl (C=O) groups is 2. The standard InChI is InChI=1S/C27H38ClN3O4S/c1-8-19(2)29-26(33)20(3)30(17-21-10-9-11-23(28)16-21)25(32)18-31(36(7,34)35)24-14-12-22(13-15-24)27(4,5)6/h9-16,19-20H,8,17-18H2,1-7H3,(H,29,33)/t19-,20+/m1/s1. The fourth-order valence-corrected chi connectivity index (χ4v) is 4.68. The molecule has 2 atom stereocenters. The number of rotatable bonds is 10. The Morgan fingerprint density at radius 2 is 1.67 bits per heavy atom. The summed E-state index contributed by atoms with van der Waals surface area (Å²) in [6, 6.07) is 13.3. The van der Waals surface area contributed by atoms with Gasteiger partial charge in [0.15, 0.2) is 0 Å². The van der Waals surface area contributed by atoms with Gasteiger partial charge in [-0.3, -0.25) is 13.9 Å². The summed E-state index contributed by atoms with van der Waals surface area (Å²) in [6.45, 7) is 11.4. The molecule has 0 aromatic heterocycles. The van der Waals surface area contributed by atoms with Crippen molar-refractivity contribution in [3.8, 4) is 0 Å². The maximum Gasteiger partial charge on any atom is 0.244 e. The Morgan fingerprint density at radius 1 is 1.06 bits per heavy atom. The van der Waals surface area contributed by atoms with Gasteiger partial charge in [-0.15, -0.1) is 0 Å². The van der Waals surface area contributed by atoms with E-state index < -0.39 is 28.5 Å². The number of benzene rings is 2. The van der Waals surface area contributed by atoms with E-state index in [1.807, 2.05) is 32.0 Å². The molecule has 2 amide bonds. The van der Waals surface area contributed by atoms with Crippen molar-refractivity contribution in [2.75, 3.05) is 17.1 Å². The van der Waals surface area contributed by atoms with Crippen LogP contribution in [-0.2, 0) is 31.6 Å². The van der Waals surface area contributed by atoms with Gasteiger partial charge in [0.2, 0.25) is 21.8 Å². The first-order chi connectivity index (χ1) is 16.6. The highest BCUT2D eigenvalue weighted by Gasteiger charge is 2.30. The first-order valence-corrected chi connectivity index (χ1v) is 14.3. The zero-order valence-corrected chi connectivity index (χ0v) is 23.8. The summed E-state index contributed by atoms with van der Waals surface area (Å²) in [5.74, 6) is -0.799. The molecule has 0 radical (unpaired) electrons. The van der Waals surface area contributed by atoms with Crippen LogP contribution in [0.1, 0.15) is 59.1 Å². The number of hydrogen-bond acceptors (Lipinski definition) is 4. The molecule has 0 heterocycles. The molecular formula is C27H38ClN3O4S. The molecule has 9 heteroatoms. The number of anilines is 1. The minimum atomic E-state index is -3.78. The van der Waals surface area contributed by atoms with Crippen LogP contribution >= 0.6 is 11.6 Å². The summed E-state index contributed by atoms with van der Waals surface area (Å²) in [7, 11) is -3.78. The Bertz CT molecular complexity index is 1160. The Balaban J connectivity index is 2.40. The molecule has 7 nitrogen and oxygen atoms in total. The summed E-state index contributed by atoms with van der Waals surface area (Å²) >= 11 is 6.14. The van der Waals surface area contributed by atoms with E-state index in [1.54, 1.807) is 37.3 Å². The number of carbonyl (C=O) groups excluding carboxylic acids is 2. The van der Waals surface area contributed by atoms with Crippen LogP contribution < -0.4 is 9.62 Å². The average molecular weight is 536 g/mol. The van der Waals surface area contributed by atoms with Crippen LogP contribution in [-0.4, -0.2) is 50.0 Å². The van der Waals surface area contributed by atoms with Crippen LogP contribution in [0.2, 0.25) is 5.02 Å². The SMILES string of the molecule is CC[C@@H](C)NC(=O)[C@H](C)N(Cc1cccc(Cl)c1)C(=O)CN(c1ccc(C(C)(C)C)cc1)S(C)(=O)=O. The normalized spacial score (nSPS) is 13.6. The molecule has 0 aliphatic carbocycles. The Morgan fingerprint density at radius 3 is 2.17 bits per heavy atom. The number of halogens is 1. The molecule has 0 aliphatic rings. The second-order valence-electron chi connectivity index (χ2n) is 10.2. The summed E-state index contributed by atoms with van der Waals surface area (Å²) in [6.07, 6.45) is 1.81. The lowest BCUT2D eigenvalue weighted by Crippen LogP contribution is -2.52. The molecule has 0 fully saturated rings. The largest absolute Gasteiger partial charge is 0.352 e. The number of nitrogens with zero attached hydrogens (tertiary/aromatic N) is 2. The average Bonchev–Trinajstić information content (AvgIpc) is 2.79. The molecule has 0 saturated carbocycles. The molecular weight excluding hydrogens is 498 g/mol. The molecule has 1 N–H and O–H groups in total. The van der Waals surface area contributed by atoms with E-state index in [9.17, 15) is 18.0 Å². The zero-order valence-electron chi connectivity index (χ0n) is 22.2. The first-order valence-electron chi connectivity index (χ1n) is 12.1. The smallest absolute Gasteiger partial charge is 0.244 e. The minimum absolute atomic E-state index is 0.0584. The highest BCUT2D eigenvalue weighted by atomic mass is 35.5. The Hall–Kier alpha value is -2.58. The minimum Gasteiger partial charge on any atom is -0.352 e. The lowest BCUT2D eigenvalue weighted by atomic mass is 9.87. The van der Waals surface area contributed by atoms with E-state index in [1.165, 1.54) is 4.90 Å². The van der Waals surface area contributed by atoms with Crippen molar-refractivity contribution in [3.63, 3.8) is 0 Å². The van der Waals surface area contributed by atoms with Gasteiger partial charge in [0.1, 0.15) is 12.6 Å². The second kappa shape index (κ2) is 12.1. The van der Waals surface area contributed by atoms with E-state index in [0.717, 1.165) is 28.1 Å². The molecule has 0 unspecified atom stereocenters. The van der Waals surface area contributed by atoms with Gasteiger partial charge in [0.25, 0.3) is 0 Å². The fraction of sp³-hybridized carbons (Fsp3) is 0.481. The summed E-state index contributed by atoms with van der Waals surface area (Å²) in [5.41, 5.74) is 2.07. The lowest BCUT2D eigenvalue weighted by Gasteiger charge is -2.32. The molecule has 2 rings (SSSR count). The van der Waals surface area contributed by atoms with Gasteiger partial charge in [-0.2, -0.15) is 0 Å². The number of amides is 2. The fourth-order valence-electron chi connectivity index (χ4n) is 3.62. The van der Waals surface area contributed by atoms with Gasteiger partial charge in [-0.25, -0.2) is 8.42 Å². The quantitative estimate of drug-likeness (QED) is 0.476. The van der Waals surface area contributed by atoms with Crippen molar-refractivity contribution in [2.45, 2.75) is 72.0 Å². The number of hydrogen-bond donors (Lipinski definition) is 1. The predicted molar refractivity (Wildman–Crippen MR) is 147 cm³/mol. The van der Waals surface area contributed by atoms with Crippen LogP contribution in [0.3, 0.4) is 0 Å². The third-order valence-electron chi connectivity index (χ3n) is 6.11. The Labute approximate surface area is 220 Å². The maximum absolute atomic E-state index is 13.6. The molecule has 2 aromatic rings. The van der Waals surface area contributed by atoms with Gasteiger partial charge in [0.05, 0.1) is 11.9 Å².